The summed E-state index contributed by atoms with van der Waals surface area (Å²) in [4.78, 5) is 24.1. The van der Waals surface area contributed by atoms with E-state index in [-0.39, 0.29) is 30.0 Å². The lowest BCUT2D eigenvalue weighted by Gasteiger charge is -2.36. The fourth-order valence-corrected chi connectivity index (χ4v) is 5.68. The predicted molar refractivity (Wildman–Crippen MR) is 147 cm³/mol. The maximum Gasteiger partial charge on any atom is 0.446 e. The van der Waals surface area contributed by atoms with Gasteiger partial charge in [0.15, 0.2) is 0 Å². The molecule has 10 heteroatoms. The number of pyridine rings is 1. The second-order valence-electron chi connectivity index (χ2n) is 9.73. The Hall–Kier alpha value is -2.46. The van der Waals surface area contributed by atoms with Crippen LogP contribution in [0.25, 0.3) is 0 Å². The van der Waals surface area contributed by atoms with E-state index in [4.69, 9.17) is 4.74 Å². The first-order valence-electron chi connectivity index (χ1n) is 12.9. The first-order valence-corrected chi connectivity index (χ1v) is 13.7. The fourth-order valence-electron chi connectivity index (χ4n) is 5.14. The molecule has 3 heterocycles. The third-order valence-electron chi connectivity index (χ3n) is 7.09. The van der Waals surface area contributed by atoms with Crippen LogP contribution in [0.2, 0.25) is 0 Å². The van der Waals surface area contributed by atoms with Crippen LogP contribution in [0.1, 0.15) is 38.7 Å². The van der Waals surface area contributed by atoms with Crippen LogP contribution in [0.5, 0.6) is 5.88 Å². The number of ether oxygens (including phenoxy) is 1. The van der Waals surface area contributed by atoms with Crippen molar-refractivity contribution < 1.29 is 22.7 Å². The molecule has 0 radical (unpaired) electrons. The lowest BCUT2D eigenvalue weighted by atomic mass is 9.91. The first-order chi connectivity index (χ1) is 17.8. The highest BCUT2D eigenvalue weighted by molar-refractivity contribution is 8.00. The van der Waals surface area contributed by atoms with Crippen molar-refractivity contribution in [2.45, 2.75) is 49.9 Å². The third-order valence-corrected chi connectivity index (χ3v) is 7.82. The van der Waals surface area contributed by atoms with Gasteiger partial charge in [0.1, 0.15) is 0 Å². The summed E-state index contributed by atoms with van der Waals surface area (Å²) in [7, 11) is 1.61. The number of hydrogen-bond donors (Lipinski definition) is 0. The highest BCUT2D eigenvalue weighted by Gasteiger charge is 2.29. The molecule has 1 atom stereocenters. The van der Waals surface area contributed by atoms with Crippen molar-refractivity contribution in [2.24, 2.45) is 5.92 Å². The van der Waals surface area contributed by atoms with Crippen molar-refractivity contribution in [1.29, 1.82) is 0 Å². The van der Waals surface area contributed by atoms with Gasteiger partial charge in [0.2, 0.25) is 11.8 Å². The zero-order valence-corrected chi connectivity index (χ0v) is 22.1. The van der Waals surface area contributed by atoms with Crippen LogP contribution in [-0.4, -0.2) is 79.1 Å². The first kappa shape index (κ1) is 30.1. The van der Waals surface area contributed by atoms with Gasteiger partial charge in [-0.2, -0.15) is 13.2 Å². The van der Waals surface area contributed by atoms with E-state index < -0.39 is 5.51 Å². The van der Waals surface area contributed by atoms with Gasteiger partial charge in [0.05, 0.1) is 19.0 Å². The molecule has 2 saturated heterocycles. The lowest BCUT2D eigenvalue weighted by molar-refractivity contribution is -0.133. The van der Waals surface area contributed by atoms with Crippen molar-refractivity contribution in [3.63, 3.8) is 0 Å². The summed E-state index contributed by atoms with van der Waals surface area (Å²) in [5.74, 6) is 1.17. The summed E-state index contributed by atoms with van der Waals surface area (Å²) >= 11 is -0.0876. The second-order valence-corrected chi connectivity index (χ2v) is 10.9. The molecule has 0 unspecified atom stereocenters. The minimum Gasteiger partial charge on any atom is -0.481 e. The molecule has 4 rings (SSSR count). The van der Waals surface area contributed by atoms with E-state index in [9.17, 15) is 18.0 Å². The van der Waals surface area contributed by atoms with Crippen molar-refractivity contribution in [1.82, 2.24) is 14.8 Å². The molecule has 2 aliphatic heterocycles. The molecular weight excluding hydrogens is 513 g/mol. The van der Waals surface area contributed by atoms with E-state index in [2.05, 4.69) is 14.8 Å². The van der Waals surface area contributed by atoms with Gasteiger partial charge in [-0.3, -0.25) is 9.69 Å². The number of benzene rings is 1. The maximum absolute atomic E-state index is 12.9. The van der Waals surface area contributed by atoms with E-state index >= 15 is 0 Å². The van der Waals surface area contributed by atoms with Crippen molar-refractivity contribution in [3.05, 3.63) is 48.2 Å². The Morgan fingerprint density at radius 2 is 1.82 bits per heavy atom. The number of methoxy groups -OCH3 is 1. The lowest BCUT2D eigenvalue weighted by Crippen LogP contribution is -2.47. The zero-order valence-electron chi connectivity index (χ0n) is 21.3. The molecule has 0 saturated carbocycles. The maximum atomic E-state index is 12.9. The number of carbonyl (C=O) groups is 1. The van der Waals surface area contributed by atoms with Gasteiger partial charge in [-0.1, -0.05) is 19.6 Å². The molecule has 2 fully saturated rings. The molecule has 0 aliphatic carbocycles. The van der Waals surface area contributed by atoms with Crippen LogP contribution < -0.4 is 9.64 Å². The number of piperazine rings is 1. The average Bonchev–Trinajstić information content (AvgIpc) is 2.89. The van der Waals surface area contributed by atoms with Crippen LogP contribution in [0.4, 0.5) is 18.9 Å². The van der Waals surface area contributed by atoms with E-state index in [0.717, 1.165) is 82.7 Å². The number of alkyl halides is 3. The summed E-state index contributed by atoms with van der Waals surface area (Å²) in [6.07, 6.45) is 6.05. The minimum atomic E-state index is -4.27. The monoisotopic (exact) mass is 552 g/mol. The number of likely N-dealkylation sites (tertiary alicyclic amines) is 1. The molecule has 6 nitrogen and oxygen atoms in total. The normalized spacial score (nSPS) is 18.7. The summed E-state index contributed by atoms with van der Waals surface area (Å²) in [5.41, 5.74) is -2.14. The topological polar surface area (TPSA) is 48.9 Å². The number of carbonyl (C=O) groups excluding carboxylic acids is 1. The Kier molecular flexibility index (Phi) is 11.1. The number of anilines is 1. The number of nitrogens with zero attached hydrogens (tertiary/aromatic N) is 4. The van der Waals surface area contributed by atoms with Crippen LogP contribution >= 0.6 is 11.8 Å². The summed E-state index contributed by atoms with van der Waals surface area (Å²) < 4.78 is 42.8. The molecule has 210 valence electrons. The third kappa shape index (κ3) is 9.08. The van der Waals surface area contributed by atoms with Gasteiger partial charge in [0.25, 0.3) is 0 Å². The predicted octanol–water partition coefficient (Wildman–Crippen LogP) is 5.72. The Bertz CT molecular complexity index is 997. The van der Waals surface area contributed by atoms with Gasteiger partial charge in [-0.05, 0) is 73.7 Å². The molecule has 2 aliphatic rings. The molecule has 0 N–H and O–H groups in total. The number of thioether (sulfide) groups is 1. The SMILES string of the molecule is C.COc1ccc(N2CCN(CCCC(=O)N3CCC[C@H](Cc4ccc(SC(F)(F)F)cc4)C3)CC2)cn1. The number of amides is 1. The fraction of sp³-hybridized carbons (Fsp3) is 0.571. The van der Waals surface area contributed by atoms with Crippen molar-refractivity contribution in [3.8, 4) is 5.88 Å². The molecule has 38 heavy (non-hydrogen) atoms. The molecule has 0 spiro atoms. The number of halogens is 3. The largest absolute Gasteiger partial charge is 0.481 e. The zero-order chi connectivity index (χ0) is 26.3. The Morgan fingerprint density at radius 3 is 2.45 bits per heavy atom. The van der Waals surface area contributed by atoms with Gasteiger partial charge in [-0.15, -0.1) is 0 Å². The van der Waals surface area contributed by atoms with Gasteiger partial charge in [-0.25, -0.2) is 4.98 Å². The summed E-state index contributed by atoms with van der Waals surface area (Å²) in [6, 6.07) is 10.5. The average molecular weight is 553 g/mol. The molecule has 1 amide bonds. The summed E-state index contributed by atoms with van der Waals surface area (Å²) in [5, 5.41) is 0. The number of piperidine rings is 1. The van der Waals surface area contributed by atoms with Gasteiger partial charge >= 0.3 is 5.51 Å². The number of rotatable bonds is 9. The number of aromatic nitrogens is 1. The molecular formula is C28H39F3N4O2S. The van der Waals surface area contributed by atoms with Crippen LogP contribution in [0, 0.1) is 5.92 Å². The molecule has 1 aromatic carbocycles. The van der Waals surface area contributed by atoms with E-state index in [1.54, 1.807) is 19.2 Å². The van der Waals surface area contributed by atoms with Crippen molar-refractivity contribution >= 4 is 23.4 Å². The highest BCUT2D eigenvalue weighted by Crippen LogP contribution is 2.37. The second kappa shape index (κ2) is 14.1. The highest BCUT2D eigenvalue weighted by atomic mass is 32.2. The van der Waals surface area contributed by atoms with Crippen molar-refractivity contribution in [2.75, 3.05) is 57.8 Å². The summed E-state index contributed by atoms with van der Waals surface area (Å²) in [6.45, 7) is 6.24. The molecule has 0 bridgehead atoms. The minimum absolute atomic E-state index is 0. The van der Waals surface area contributed by atoms with E-state index in [1.807, 2.05) is 23.2 Å². The van der Waals surface area contributed by atoms with Gasteiger partial charge < -0.3 is 14.5 Å². The Balaban J connectivity index is 0.00000400. The molecule has 1 aromatic heterocycles. The van der Waals surface area contributed by atoms with Gasteiger partial charge in [0, 0.05) is 56.7 Å². The smallest absolute Gasteiger partial charge is 0.446 e. The Morgan fingerprint density at radius 1 is 1.08 bits per heavy atom. The van der Waals surface area contributed by atoms with Crippen LogP contribution in [0.15, 0.2) is 47.5 Å². The van der Waals surface area contributed by atoms with E-state index in [1.165, 1.54) is 12.1 Å². The standard InChI is InChI=1S/C27H35F3N4O2S.CH4/c1-36-25-11-8-23(19-31-25)33-16-14-32(15-17-33)12-3-5-26(35)34-13-2-4-22(20-34)18-21-6-9-24(10-7-21)37-27(28,29)30;/h6-11,19,22H,2-5,12-18,20H2,1H3;1H4/t22-;/m1./s1. The Labute approximate surface area is 228 Å². The van der Waals surface area contributed by atoms with Crippen LogP contribution in [-0.2, 0) is 11.2 Å². The van der Waals surface area contributed by atoms with E-state index in [0.29, 0.717) is 18.2 Å². The quantitative estimate of drug-likeness (QED) is 0.371. The van der Waals surface area contributed by atoms with Crippen LogP contribution in [0.3, 0.4) is 0 Å². The number of hydrogen-bond acceptors (Lipinski definition) is 6. The molecule has 2 aromatic rings.